The van der Waals surface area contributed by atoms with Crippen LogP contribution in [0.25, 0.3) is 12.2 Å². The molecule has 0 aromatic carbocycles. The van der Waals surface area contributed by atoms with Gasteiger partial charge in [-0.05, 0) is 13.3 Å². The molecule has 1 unspecified atom stereocenters. The molecule has 1 heterocycles. The third kappa shape index (κ3) is 2.20. The topological polar surface area (TPSA) is 31.4 Å². The molecule has 0 spiro atoms. The SMILES string of the molecule is CCOOCC1C=c2scnc2=CC1. The van der Waals surface area contributed by atoms with Gasteiger partial charge in [0.2, 0.25) is 0 Å². The lowest BCUT2D eigenvalue weighted by atomic mass is 10.0. The van der Waals surface area contributed by atoms with E-state index in [1.807, 2.05) is 12.4 Å². The van der Waals surface area contributed by atoms with Crippen LogP contribution in [-0.4, -0.2) is 18.2 Å². The van der Waals surface area contributed by atoms with Gasteiger partial charge in [-0.2, -0.15) is 0 Å². The minimum atomic E-state index is 0.425. The maximum absolute atomic E-state index is 5.05. The van der Waals surface area contributed by atoms with E-state index in [2.05, 4.69) is 17.1 Å². The van der Waals surface area contributed by atoms with Crippen LogP contribution in [-0.2, 0) is 9.78 Å². The van der Waals surface area contributed by atoms with Crippen molar-refractivity contribution < 1.29 is 9.78 Å². The number of hydrogen-bond donors (Lipinski definition) is 0. The molecule has 0 N–H and O–H groups in total. The Kier molecular flexibility index (Phi) is 3.29. The quantitative estimate of drug-likeness (QED) is 0.417. The Bertz CT molecular complexity index is 398. The third-order valence-electron chi connectivity index (χ3n) is 2.11. The van der Waals surface area contributed by atoms with Gasteiger partial charge < -0.3 is 0 Å². The van der Waals surface area contributed by atoms with Crippen molar-refractivity contribution in [2.45, 2.75) is 13.3 Å². The minimum absolute atomic E-state index is 0.425. The van der Waals surface area contributed by atoms with E-state index in [-0.39, 0.29) is 0 Å². The highest BCUT2D eigenvalue weighted by molar-refractivity contribution is 7.07. The lowest BCUT2D eigenvalue weighted by Gasteiger charge is -2.11. The number of fused-ring (bicyclic) bond motifs is 1. The Morgan fingerprint density at radius 2 is 2.50 bits per heavy atom. The molecule has 4 heteroatoms. The van der Waals surface area contributed by atoms with Gasteiger partial charge in [0.25, 0.3) is 0 Å². The Morgan fingerprint density at radius 1 is 1.57 bits per heavy atom. The third-order valence-corrected chi connectivity index (χ3v) is 2.92. The van der Waals surface area contributed by atoms with Crippen molar-refractivity contribution in [2.75, 3.05) is 13.2 Å². The molecule has 0 fully saturated rings. The summed E-state index contributed by atoms with van der Waals surface area (Å²) in [5.74, 6) is 0.425. The molecule has 1 aliphatic carbocycles. The fourth-order valence-electron chi connectivity index (χ4n) is 1.42. The van der Waals surface area contributed by atoms with Crippen molar-refractivity contribution in [2.24, 2.45) is 5.92 Å². The summed E-state index contributed by atoms with van der Waals surface area (Å²) in [7, 11) is 0. The van der Waals surface area contributed by atoms with E-state index in [4.69, 9.17) is 9.78 Å². The van der Waals surface area contributed by atoms with Gasteiger partial charge >= 0.3 is 0 Å². The van der Waals surface area contributed by atoms with E-state index in [1.54, 1.807) is 11.3 Å². The summed E-state index contributed by atoms with van der Waals surface area (Å²) in [5.41, 5.74) is 1.88. The molecule has 1 aliphatic rings. The average Bonchev–Trinajstić information content (AvgIpc) is 2.65. The molecule has 0 saturated heterocycles. The molecule has 1 aromatic rings. The molecular weight excluding hydrogens is 198 g/mol. The predicted molar refractivity (Wildman–Crippen MR) is 56.0 cm³/mol. The van der Waals surface area contributed by atoms with Crippen LogP contribution in [0.2, 0.25) is 0 Å². The zero-order chi connectivity index (χ0) is 9.80. The van der Waals surface area contributed by atoms with Crippen molar-refractivity contribution in [1.29, 1.82) is 0 Å². The fraction of sp³-hybridized carbons (Fsp3) is 0.500. The van der Waals surface area contributed by atoms with Crippen molar-refractivity contribution in [3.63, 3.8) is 0 Å². The van der Waals surface area contributed by atoms with E-state index in [1.165, 1.54) is 4.53 Å². The molecule has 2 rings (SSSR count). The van der Waals surface area contributed by atoms with Gasteiger partial charge in [0.15, 0.2) is 0 Å². The van der Waals surface area contributed by atoms with Crippen LogP contribution in [0.1, 0.15) is 13.3 Å². The molecule has 3 nitrogen and oxygen atoms in total. The minimum Gasteiger partial charge on any atom is -0.245 e. The molecule has 0 radical (unpaired) electrons. The summed E-state index contributed by atoms with van der Waals surface area (Å²) >= 11 is 1.67. The number of rotatable bonds is 4. The van der Waals surface area contributed by atoms with Gasteiger partial charge in [-0.15, -0.1) is 11.3 Å². The second-order valence-electron chi connectivity index (χ2n) is 3.16. The first-order valence-corrected chi connectivity index (χ1v) is 5.64. The van der Waals surface area contributed by atoms with E-state index in [0.717, 1.165) is 11.8 Å². The Morgan fingerprint density at radius 3 is 3.36 bits per heavy atom. The molecule has 0 aliphatic heterocycles. The largest absolute Gasteiger partial charge is 0.245 e. The van der Waals surface area contributed by atoms with Gasteiger partial charge in [0.1, 0.15) is 0 Å². The summed E-state index contributed by atoms with van der Waals surface area (Å²) in [5, 5.41) is 1.11. The smallest absolute Gasteiger partial charge is 0.0888 e. The van der Waals surface area contributed by atoms with E-state index in [9.17, 15) is 0 Å². The van der Waals surface area contributed by atoms with Crippen LogP contribution >= 0.6 is 11.3 Å². The summed E-state index contributed by atoms with van der Waals surface area (Å²) in [4.78, 5) is 14.2. The molecule has 0 bridgehead atoms. The molecule has 0 amide bonds. The summed E-state index contributed by atoms with van der Waals surface area (Å²) in [6.07, 6.45) is 5.36. The molecular formula is C10H13NO2S. The van der Waals surface area contributed by atoms with Crippen LogP contribution in [0.15, 0.2) is 5.51 Å². The Hall–Kier alpha value is -0.710. The van der Waals surface area contributed by atoms with Crippen molar-refractivity contribution >= 4 is 23.5 Å². The number of thiazole rings is 1. The zero-order valence-corrected chi connectivity index (χ0v) is 8.92. The van der Waals surface area contributed by atoms with Crippen LogP contribution in [0.4, 0.5) is 0 Å². The lowest BCUT2D eigenvalue weighted by Crippen LogP contribution is -2.27. The molecule has 1 atom stereocenters. The van der Waals surface area contributed by atoms with Crippen LogP contribution in [0.5, 0.6) is 0 Å². The number of aromatic nitrogens is 1. The maximum Gasteiger partial charge on any atom is 0.0888 e. The molecule has 1 aromatic heterocycles. The lowest BCUT2D eigenvalue weighted by molar-refractivity contribution is -0.294. The summed E-state index contributed by atoms with van der Waals surface area (Å²) in [6, 6.07) is 0. The van der Waals surface area contributed by atoms with E-state index >= 15 is 0 Å². The first kappa shape index (κ1) is 9.83. The Labute approximate surface area is 86.6 Å². The van der Waals surface area contributed by atoms with E-state index in [0.29, 0.717) is 19.1 Å². The van der Waals surface area contributed by atoms with Gasteiger partial charge in [0, 0.05) is 5.92 Å². The second-order valence-corrected chi connectivity index (χ2v) is 4.05. The molecule has 14 heavy (non-hydrogen) atoms. The highest BCUT2D eigenvalue weighted by atomic mass is 32.1. The van der Waals surface area contributed by atoms with Crippen molar-refractivity contribution in [1.82, 2.24) is 4.98 Å². The molecule has 76 valence electrons. The number of nitrogens with zero attached hydrogens (tertiary/aromatic N) is 1. The Balaban J connectivity index is 1.99. The van der Waals surface area contributed by atoms with Crippen molar-refractivity contribution in [3.8, 4) is 0 Å². The van der Waals surface area contributed by atoms with Crippen LogP contribution < -0.4 is 9.88 Å². The van der Waals surface area contributed by atoms with Crippen LogP contribution in [0.3, 0.4) is 0 Å². The standard InChI is InChI=1S/C10H13NO2S/c1-2-12-13-6-8-3-4-9-10(5-8)14-7-11-9/h4-5,7-8H,2-3,6H2,1H3. The normalized spacial score (nSPS) is 19.6. The first-order valence-electron chi connectivity index (χ1n) is 4.76. The fourth-order valence-corrected chi connectivity index (χ4v) is 2.23. The van der Waals surface area contributed by atoms with Gasteiger partial charge in [-0.1, -0.05) is 12.2 Å². The maximum atomic E-state index is 5.05. The zero-order valence-electron chi connectivity index (χ0n) is 8.10. The number of hydrogen-bond acceptors (Lipinski definition) is 4. The monoisotopic (exact) mass is 211 g/mol. The highest BCUT2D eigenvalue weighted by Crippen LogP contribution is 2.09. The van der Waals surface area contributed by atoms with Crippen LogP contribution in [0, 0.1) is 5.92 Å². The average molecular weight is 211 g/mol. The van der Waals surface area contributed by atoms with Gasteiger partial charge in [-0.25, -0.2) is 14.8 Å². The molecule has 0 saturated carbocycles. The summed E-state index contributed by atoms with van der Waals surface area (Å²) in [6.45, 7) is 3.14. The highest BCUT2D eigenvalue weighted by Gasteiger charge is 2.09. The van der Waals surface area contributed by atoms with Gasteiger partial charge in [-0.3, -0.25) is 0 Å². The first-order chi connectivity index (χ1) is 6.90. The second kappa shape index (κ2) is 4.68. The van der Waals surface area contributed by atoms with Crippen molar-refractivity contribution in [3.05, 3.63) is 15.4 Å². The predicted octanol–water partition coefficient (Wildman–Crippen LogP) is 0.692. The summed E-state index contributed by atoms with van der Waals surface area (Å²) < 4.78 is 1.25. The van der Waals surface area contributed by atoms with Gasteiger partial charge in [0.05, 0.1) is 28.6 Å². The van der Waals surface area contributed by atoms with E-state index < -0.39 is 0 Å².